The summed E-state index contributed by atoms with van der Waals surface area (Å²) >= 11 is 11.2. The average Bonchev–Trinajstić information content (AvgIpc) is 2.74. The van der Waals surface area contributed by atoms with Crippen LogP contribution in [0, 0.1) is 13.8 Å². The predicted octanol–water partition coefficient (Wildman–Crippen LogP) is 3.66. The topological polar surface area (TPSA) is 41.9 Å². The van der Waals surface area contributed by atoms with Gasteiger partial charge in [0.05, 0.1) is 5.69 Å². The third-order valence-corrected chi connectivity index (χ3v) is 3.86. The van der Waals surface area contributed by atoms with Crippen molar-refractivity contribution < 1.29 is 0 Å². The molecule has 6 heteroatoms. The van der Waals surface area contributed by atoms with Gasteiger partial charge >= 0.3 is 0 Å². The molecule has 0 unspecified atom stereocenters. The number of nitrogens with zero attached hydrogens (tertiary/aromatic N) is 2. The van der Waals surface area contributed by atoms with Crippen LogP contribution in [0.2, 0.25) is 5.02 Å². The quantitative estimate of drug-likeness (QED) is 0.843. The lowest BCUT2D eigenvalue weighted by atomic mass is 10.2. The van der Waals surface area contributed by atoms with Gasteiger partial charge in [0, 0.05) is 35.1 Å². The molecule has 2 aromatic rings. The molecule has 2 rings (SSSR count). The van der Waals surface area contributed by atoms with Gasteiger partial charge < -0.3 is 10.6 Å². The first-order valence-corrected chi connectivity index (χ1v) is 7.63. The van der Waals surface area contributed by atoms with Gasteiger partial charge in [-0.1, -0.05) is 11.6 Å². The smallest absolute Gasteiger partial charge is 0.171 e. The highest BCUT2D eigenvalue weighted by atomic mass is 35.5. The van der Waals surface area contributed by atoms with E-state index in [1.807, 2.05) is 35.9 Å². The van der Waals surface area contributed by atoms with Crippen molar-refractivity contribution in [2.45, 2.75) is 33.9 Å². The Morgan fingerprint density at radius 1 is 1.29 bits per heavy atom. The number of hydrogen-bond donors (Lipinski definition) is 2. The fraction of sp³-hybridized carbons (Fsp3) is 0.333. The van der Waals surface area contributed by atoms with E-state index in [2.05, 4.69) is 29.6 Å². The molecule has 0 bridgehead atoms. The van der Waals surface area contributed by atoms with Gasteiger partial charge in [-0.3, -0.25) is 4.68 Å². The van der Waals surface area contributed by atoms with E-state index in [1.165, 1.54) is 11.3 Å². The zero-order chi connectivity index (χ0) is 15.4. The van der Waals surface area contributed by atoms with Crippen LogP contribution in [0.3, 0.4) is 0 Å². The van der Waals surface area contributed by atoms with Crippen molar-refractivity contribution >= 4 is 34.6 Å². The molecule has 0 saturated carbocycles. The van der Waals surface area contributed by atoms with Crippen LogP contribution in [0.15, 0.2) is 24.3 Å². The first kappa shape index (κ1) is 15.8. The van der Waals surface area contributed by atoms with E-state index < -0.39 is 0 Å². The second-order valence-electron chi connectivity index (χ2n) is 4.78. The summed E-state index contributed by atoms with van der Waals surface area (Å²) < 4.78 is 2.00. The van der Waals surface area contributed by atoms with Gasteiger partial charge in [0.25, 0.3) is 0 Å². The third kappa shape index (κ3) is 3.95. The minimum Gasteiger partial charge on any atom is -0.358 e. The van der Waals surface area contributed by atoms with Gasteiger partial charge in [-0.25, -0.2) is 0 Å². The Morgan fingerprint density at radius 2 is 1.95 bits per heavy atom. The van der Waals surface area contributed by atoms with Crippen LogP contribution in [0.5, 0.6) is 0 Å². The summed E-state index contributed by atoms with van der Waals surface area (Å²) in [5.74, 6) is 0. The molecule has 0 amide bonds. The number of hydrogen-bond acceptors (Lipinski definition) is 2. The highest BCUT2D eigenvalue weighted by Gasteiger charge is 2.10. The van der Waals surface area contributed by atoms with Crippen molar-refractivity contribution in [3.63, 3.8) is 0 Å². The summed E-state index contributed by atoms with van der Waals surface area (Å²) in [4.78, 5) is 0. The summed E-state index contributed by atoms with van der Waals surface area (Å²) in [5, 5.41) is 12.1. The summed E-state index contributed by atoms with van der Waals surface area (Å²) in [5.41, 5.74) is 4.32. The van der Waals surface area contributed by atoms with Crippen LogP contribution in [0.4, 0.5) is 5.69 Å². The van der Waals surface area contributed by atoms with E-state index in [1.54, 1.807) is 0 Å². The summed E-state index contributed by atoms with van der Waals surface area (Å²) in [6, 6.07) is 7.43. The largest absolute Gasteiger partial charge is 0.358 e. The Morgan fingerprint density at radius 3 is 2.52 bits per heavy atom. The Hall–Kier alpha value is -1.59. The van der Waals surface area contributed by atoms with E-state index in [0.29, 0.717) is 16.7 Å². The maximum Gasteiger partial charge on any atom is 0.171 e. The molecule has 1 aromatic carbocycles. The molecular formula is C15H19ClN4S. The Balaban J connectivity index is 1.95. The zero-order valence-electron chi connectivity index (χ0n) is 12.4. The highest BCUT2D eigenvalue weighted by Crippen LogP contribution is 2.14. The lowest BCUT2D eigenvalue weighted by molar-refractivity contribution is 0.633. The van der Waals surface area contributed by atoms with Crippen molar-refractivity contribution in [3.8, 4) is 0 Å². The molecule has 0 atom stereocenters. The molecule has 112 valence electrons. The van der Waals surface area contributed by atoms with E-state index in [-0.39, 0.29) is 0 Å². The maximum atomic E-state index is 5.85. The number of thiocarbonyl (C=S) groups is 1. The summed E-state index contributed by atoms with van der Waals surface area (Å²) in [7, 11) is 0. The average molecular weight is 323 g/mol. The number of aryl methyl sites for hydroxylation is 2. The van der Waals surface area contributed by atoms with Gasteiger partial charge in [0.1, 0.15) is 0 Å². The minimum absolute atomic E-state index is 0.584. The maximum absolute atomic E-state index is 5.85. The lowest BCUT2D eigenvalue weighted by Gasteiger charge is -2.11. The number of nitrogens with one attached hydrogen (secondary N) is 2. The van der Waals surface area contributed by atoms with Gasteiger partial charge in [0.2, 0.25) is 0 Å². The number of rotatable bonds is 4. The van der Waals surface area contributed by atoms with Gasteiger partial charge in [-0.05, 0) is 57.3 Å². The Kier molecular flexibility index (Phi) is 5.20. The van der Waals surface area contributed by atoms with Crippen molar-refractivity contribution in [1.29, 1.82) is 0 Å². The monoisotopic (exact) mass is 322 g/mol. The van der Waals surface area contributed by atoms with Gasteiger partial charge in [-0.15, -0.1) is 0 Å². The molecule has 0 spiro atoms. The molecule has 2 N–H and O–H groups in total. The van der Waals surface area contributed by atoms with Crippen LogP contribution in [-0.4, -0.2) is 14.9 Å². The molecule has 1 heterocycles. The molecule has 4 nitrogen and oxygen atoms in total. The van der Waals surface area contributed by atoms with E-state index in [4.69, 9.17) is 23.8 Å². The van der Waals surface area contributed by atoms with Gasteiger partial charge in [0.15, 0.2) is 5.11 Å². The summed E-state index contributed by atoms with van der Waals surface area (Å²) in [6.45, 7) is 7.72. The summed E-state index contributed by atoms with van der Waals surface area (Å²) in [6.07, 6.45) is 0. The molecule has 0 saturated heterocycles. The van der Waals surface area contributed by atoms with Crippen LogP contribution < -0.4 is 10.6 Å². The third-order valence-electron chi connectivity index (χ3n) is 3.36. The first-order valence-electron chi connectivity index (χ1n) is 6.84. The van der Waals surface area contributed by atoms with Crippen molar-refractivity contribution in [1.82, 2.24) is 15.1 Å². The van der Waals surface area contributed by atoms with Crippen molar-refractivity contribution in [2.24, 2.45) is 0 Å². The molecule has 0 fully saturated rings. The number of halogens is 1. The van der Waals surface area contributed by atoms with E-state index >= 15 is 0 Å². The SMILES string of the molecule is CCn1nc(C)c(CNC(=S)Nc2ccc(Cl)cc2)c1C. The number of benzene rings is 1. The van der Waals surface area contributed by atoms with Crippen LogP contribution >= 0.6 is 23.8 Å². The molecule has 0 aliphatic rings. The van der Waals surface area contributed by atoms with Crippen LogP contribution in [-0.2, 0) is 13.1 Å². The molecule has 0 aliphatic carbocycles. The molecule has 0 aliphatic heterocycles. The zero-order valence-corrected chi connectivity index (χ0v) is 14.0. The normalized spacial score (nSPS) is 10.5. The lowest BCUT2D eigenvalue weighted by Crippen LogP contribution is -2.28. The van der Waals surface area contributed by atoms with E-state index in [9.17, 15) is 0 Å². The van der Waals surface area contributed by atoms with Crippen molar-refractivity contribution in [3.05, 3.63) is 46.2 Å². The Labute approximate surface area is 135 Å². The van der Waals surface area contributed by atoms with Crippen LogP contribution in [0.25, 0.3) is 0 Å². The van der Waals surface area contributed by atoms with Gasteiger partial charge in [-0.2, -0.15) is 5.10 Å². The second kappa shape index (κ2) is 6.91. The molecule has 1 aromatic heterocycles. The fourth-order valence-electron chi connectivity index (χ4n) is 2.17. The van der Waals surface area contributed by atoms with Crippen LogP contribution in [0.1, 0.15) is 23.9 Å². The molecular weight excluding hydrogens is 304 g/mol. The number of anilines is 1. The minimum atomic E-state index is 0.584. The Bertz CT molecular complexity index is 634. The number of aromatic nitrogens is 2. The molecule has 0 radical (unpaired) electrons. The van der Waals surface area contributed by atoms with E-state index in [0.717, 1.165) is 17.9 Å². The second-order valence-corrected chi connectivity index (χ2v) is 5.62. The van der Waals surface area contributed by atoms with Crippen molar-refractivity contribution in [2.75, 3.05) is 5.32 Å². The molecule has 21 heavy (non-hydrogen) atoms. The fourth-order valence-corrected chi connectivity index (χ4v) is 2.49. The highest BCUT2D eigenvalue weighted by molar-refractivity contribution is 7.80. The standard InChI is InChI=1S/C15H19ClN4S/c1-4-20-11(3)14(10(2)19-20)9-17-15(21)18-13-7-5-12(16)6-8-13/h5-8H,4,9H2,1-3H3,(H2,17,18,21). The first-order chi connectivity index (χ1) is 10.0. The predicted molar refractivity (Wildman–Crippen MR) is 91.9 cm³/mol.